The smallest absolute Gasteiger partial charge is 0.258 e. The highest BCUT2D eigenvalue weighted by Crippen LogP contribution is 2.40. The first-order chi connectivity index (χ1) is 19.7. The largest absolute Gasteiger partial charge is 0.269 e. The maximum absolute atomic E-state index is 12.9. The van der Waals surface area contributed by atoms with Gasteiger partial charge in [-0.3, -0.25) is 10.1 Å². The molecule has 0 radical (unpaired) electrons. The Hall–Kier alpha value is -3.93. The van der Waals surface area contributed by atoms with Crippen LogP contribution in [0.25, 0.3) is 11.3 Å². The van der Waals surface area contributed by atoms with Crippen molar-refractivity contribution in [1.29, 1.82) is 0 Å². The van der Waals surface area contributed by atoms with Gasteiger partial charge in [-0.25, -0.2) is 18.4 Å². The summed E-state index contributed by atoms with van der Waals surface area (Å²) in [6, 6.07) is 19.5. The van der Waals surface area contributed by atoms with E-state index in [2.05, 4.69) is 25.1 Å². The van der Waals surface area contributed by atoms with Crippen molar-refractivity contribution in [3.8, 4) is 11.3 Å². The molecule has 3 heterocycles. The first-order valence-corrected chi connectivity index (χ1v) is 15.8. The Morgan fingerprint density at radius 2 is 1.76 bits per heavy atom. The van der Waals surface area contributed by atoms with Crippen LogP contribution in [-0.4, -0.2) is 41.4 Å². The number of aromatic nitrogens is 1. The third kappa shape index (κ3) is 5.28. The zero-order valence-corrected chi connectivity index (χ0v) is 24.4. The Morgan fingerprint density at radius 1 is 1.00 bits per heavy atom. The molecule has 11 heteroatoms. The first-order valence-electron chi connectivity index (χ1n) is 13.5. The van der Waals surface area contributed by atoms with Crippen LogP contribution in [0.3, 0.4) is 0 Å². The van der Waals surface area contributed by atoms with Crippen LogP contribution in [0.15, 0.2) is 82.1 Å². The lowest BCUT2D eigenvalue weighted by Crippen LogP contribution is -2.27. The average Bonchev–Trinajstić information content (AvgIpc) is 3.76. The molecule has 3 aromatic carbocycles. The second-order valence-corrected chi connectivity index (χ2v) is 13.2. The molecular weight excluding hydrogens is 558 g/mol. The average molecular weight is 588 g/mol. The van der Waals surface area contributed by atoms with Gasteiger partial charge in [-0.15, -0.1) is 11.3 Å². The molecule has 0 saturated carbocycles. The third-order valence-electron chi connectivity index (χ3n) is 7.62. The topological polar surface area (TPSA) is 109 Å². The van der Waals surface area contributed by atoms with Crippen molar-refractivity contribution in [3.63, 3.8) is 0 Å². The van der Waals surface area contributed by atoms with E-state index in [1.54, 1.807) is 36.4 Å². The van der Waals surface area contributed by atoms with E-state index < -0.39 is 10.0 Å². The molecule has 1 atom stereocenters. The second-order valence-electron chi connectivity index (χ2n) is 10.4. The molecule has 2 aliphatic heterocycles. The van der Waals surface area contributed by atoms with E-state index in [4.69, 9.17) is 10.1 Å². The highest BCUT2D eigenvalue weighted by Gasteiger charge is 2.33. The predicted octanol–water partition coefficient (Wildman–Crippen LogP) is 6.48. The van der Waals surface area contributed by atoms with E-state index in [1.165, 1.54) is 21.7 Å². The molecule has 0 amide bonds. The number of hydrazone groups is 1. The fourth-order valence-corrected chi connectivity index (χ4v) is 7.73. The lowest BCUT2D eigenvalue weighted by atomic mass is 9.95. The minimum atomic E-state index is -3.49. The molecule has 9 nitrogen and oxygen atoms in total. The summed E-state index contributed by atoms with van der Waals surface area (Å²) in [4.78, 5) is 16.3. The molecule has 2 aliphatic rings. The molecule has 0 N–H and O–H groups in total. The number of nitro groups is 1. The summed E-state index contributed by atoms with van der Waals surface area (Å²) in [6.45, 7) is 5.22. The molecule has 0 unspecified atom stereocenters. The molecule has 210 valence electrons. The van der Waals surface area contributed by atoms with Gasteiger partial charge in [0.25, 0.3) is 5.69 Å². The van der Waals surface area contributed by atoms with Crippen molar-refractivity contribution in [1.82, 2.24) is 9.29 Å². The summed E-state index contributed by atoms with van der Waals surface area (Å²) in [6.07, 6.45) is 2.35. The Balaban J connectivity index is 1.34. The van der Waals surface area contributed by atoms with Crippen LogP contribution in [0.5, 0.6) is 0 Å². The molecule has 1 fully saturated rings. The maximum Gasteiger partial charge on any atom is 0.269 e. The number of nitrogens with zero attached hydrogens (tertiary/aromatic N) is 5. The Morgan fingerprint density at radius 3 is 2.49 bits per heavy atom. The van der Waals surface area contributed by atoms with Gasteiger partial charge in [0.05, 0.1) is 27.3 Å². The van der Waals surface area contributed by atoms with Crippen molar-refractivity contribution in [2.75, 3.05) is 18.1 Å². The van der Waals surface area contributed by atoms with Crippen LogP contribution in [0.2, 0.25) is 0 Å². The first kappa shape index (κ1) is 27.3. The fourth-order valence-electron chi connectivity index (χ4n) is 5.38. The van der Waals surface area contributed by atoms with Gasteiger partial charge in [0.2, 0.25) is 15.2 Å². The number of non-ortho nitro benzene ring substituents is 1. The van der Waals surface area contributed by atoms with Crippen molar-refractivity contribution in [2.24, 2.45) is 5.10 Å². The van der Waals surface area contributed by atoms with Gasteiger partial charge in [0.1, 0.15) is 0 Å². The van der Waals surface area contributed by atoms with Crippen LogP contribution in [-0.2, 0) is 10.0 Å². The summed E-state index contributed by atoms with van der Waals surface area (Å²) in [5, 5.41) is 21.0. The molecule has 4 aromatic rings. The zero-order valence-electron chi connectivity index (χ0n) is 22.7. The molecule has 6 rings (SSSR count). The summed E-state index contributed by atoms with van der Waals surface area (Å²) in [7, 11) is -3.49. The number of nitro benzene ring substituents is 1. The van der Waals surface area contributed by atoms with Crippen molar-refractivity contribution < 1.29 is 13.3 Å². The highest BCUT2D eigenvalue weighted by molar-refractivity contribution is 7.89. The van der Waals surface area contributed by atoms with Gasteiger partial charge in [0, 0.05) is 48.2 Å². The van der Waals surface area contributed by atoms with E-state index in [-0.39, 0.29) is 21.5 Å². The van der Waals surface area contributed by atoms with Gasteiger partial charge in [0.15, 0.2) is 0 Å². The SMILES string of the molecule is Cc1ccc(C)c(C2=NN(c3nc(-c4ccc(S(=O)(=O)N5CCCC5)cc4)cs3)[C@@H](c3cccc([N+](=O)[O-])c3)C2)c1. The molecule has 1 aromatic heterocycles. The molecule has 0 aliphatic carbocycles. The lowest BCUT2D eigenvalue weighted by molar-refractivity contribution is -0.384. The number of benzene rings is 3. The van der Waals surface area contributed by atoms with E-state index in [1.807, 2.05) is 23.4 Å². The standard InChI is InChI=1S/C30H29N5O4S2/c1-20-8-9-21(2)26(16-20)27-18-29(23-6-5-7-24(17-23)35(36)37)34(32-27)30-31-28(19-40-30)22-10-12-25(13-11-22)41(38,39)33-14-3-4-15-33/h5-13,16-17,19,29H,3-4,14-15,18H2,1-2H3/t29-/m1/s1. The quantitative estimate of drug-likeness (QED) is 0.181. The van der Waals surface area contributed by atoms with Crippen molar-refractivity contribution in [3.05, 3.63) is 104 Å². The third-order valence-corrected chi connectivity index (χ3v) is 10.4. The van der Waals surface area contributed by atoms with Crippen LogP contribution in [0.4, 0.5) is 10.8 Å². The second kappa shape index (κ2) is 10.8. The number of anilines is 1. The number of hydrogen-bond acceptors (Lipinski definition) is 8. The Labute approximate surface area is 243 Å². The summed E-state index contributed by atoms with van der Waals surface area (Å²) < 4.78 is 27.4. The minimum Gasteiger partial charge on any atom is -0.258 e. The fraction of sp³-hybridized carbons (Fsp3) is 0.267. The maximum atomic E-state index is 12.9. The van der Waals surface area contributed by atoms with Crippen LogP contribution >= 0.6 is 11.3 Å². The summed E-state index contributed by atoms with van der Waals surface area (Å²) in [5.74, 6) is 0. The number of aryl methyl sites for hydroxylation is 2. The zero-order chi connectivity index (χ0) is 28.7. The lowest BCUT2D eigenvalue weighted by Gasteiger charge is -2.21. The Bertz CT molecular complexity index is 1760. The van der Waals surface area contributed by atoms with Crippen molar-refractivity contribution >= 4 is 37.9 Å². The van der Waals surface area contributed by atoms with E-state index >= 15 is 0 Å². The van der Waals surface area contributed by atoms with Gasteiger partial charge in [-0.2, -0.15) is 9.41 Å². The number of thiazole rings is 1. The molecular formula is C30H29N5O4S2. The summed E-state index contributed by atoms with van der Waals surface area (Å²) in [5.41, 5.74) is 6.53. The number of hydrogen-bond donors (Lipinski definition) is 0. The predicted molar refractivity (Wildman–Crippen MR) is 161 cm³/mol. The van der Waals surface area contributed by atoms with Gasteiger partial charge < -0.3 is 0 Å². The van der Waals surface area contributed by atoms with E-state index in [0.717, 1.165) is 46.4 Å². The summed E-state index contributed by atoms with van der Waals surface area (Å²) >= 11 is 1.43. The molecule has 41 heavy (non-hydrogen) atoms. The van der Waals surface area contributed by atoms with Gasteiger partial charge in [-0.05, 0) is 56.0 Å². The molecule has 0 bridgehead atoms. The molecule has 1 saturated heterocycles. The number of sulfonamides is 1. The van der Waals surface area contributed by atoms with E-state index in [0.29, 0.717) is 30.3 Å². The van der Waals surface area contributed by atoms with Crippen LogP contribution in [0, 0.1) is 24.0 Å². The monoisotopic (exact) mass is 587 g/mol. The molecule has 0 spiro atoms. The minimum absolute atomic E-state index is 0.0337. The van der Waals surface area contributed by atoms with Crippen molar-refractivity contribution in [2.45, 2.75) is 44.0 Å². The van der Waals surface area contributed by atoms with Crippen LogP contribution in [0.1, 0.15) is 47.6 Å². The normalized spacial score (nSPS) is 17.7. The highest BCUT2D eigenvalue weighted by atomic mass is 32.2. The van der Waals surface area contributed by atoms with Gasteiger partial charge in [-0.1, -0.05) is 42.0 Å². The van der Waals surface area contributed by atoms with Crippen LogP contribution < -0.4 is 5.01 Å². The van der Waals surface area contributed by atoms with E-state index in [9.17, 15) is 18.5 Å². The number of rotatable bonds is 7. The Kier molecular flexibility index (Phi) is 7.18. The van der Waals surface area contributed by atoms with Gasteiger partial charge >= 0.3 is 0 Å².